The van der Waals surface area contributed by atoms with Crippen molar-refractivity contribution in [2.45, 2.75) is 135 Å². The fourth-order valence-corrected chi connectivity index (χ4v) is 6.88. The summed E-state index contributed by atoms with van der Waals surface area (Å²) >= 11 is 0. The Hall–Kier alpha value is -5.86. The SMILES string of the molecule is CC(=O)/C=C\C(=C(/O[C@H](O)/C(O)=C(/O)[C@H](O)CC(=O)O)[C@H](O)COS(=O)(=O)O)[C@@H](C)O[C@H](CC(=O)O)/C(O)=C(/O)[C@@H](O)OC(C(C(=N)C(C)=O)[C@@H](C)O[C@H](CC(=O)O)/C(O)=C(/O)C(C)C)[C@H](O)C(C)OS(=O)(=O)O. The van der Waals surface area contributed by atoms with Gasteiger partial charge in [0, 0.05) is 18.4 Å². The van der Waals surface area contributed by atoms with Gasteiger partial charge in [-0.05, 0) is 39.8 Å². The van der Waals surface area contributed by atoms with Crippen LogP contribution in [0.25, 0.3) is 0 Å². The van der Waals surface area contributed by atoms with E-state index in [-0.39, 0.29) is 0 Å². The molecule has 0 amide bonds. The van der Waals surface area contributed by atoms with Gasteiger partial charge in [0.1, 0.15) is 60.9 Å². The van der Waals surface area contributed by atoms with Gasteiger partial charge in [-0.1, -0.05) is 13.8 Å². The van der Waals surface area contributed by atoms with Crippen molar-refractivity contribution in [3.05, 3.63) is 58.0 Å². The highest BCUT2D eigenvalue weighted by Crippen LogP contribution is 2.31. The van der Waals surface area contributed by atoms with Gasteiger partial charge in [-0.15, -0.1) is 0 Å². The zero-order valence-electron chi connectivity index (χ0n) is 40.1. The van der Waals surface area contributed by atoms with Crippen LogP contribution >= 0.6 is 0 Å². The number of aliphatic carboxylic acids is 3. The molecule has 0 saturated heterocycles. The Morgan fingerprint density at radius 1 is 0.568 bits per heavy atom. The van der Waals surface area contributed by atoms with Crippen LogP contribution in [0.5, 0.6) is 0 Å². The number of carbonyl (C=O) groups excluding carboxylic acids is 2. The third-order valence-electron chi connectivity index (χ3n) is 9.65. The first-order valence-electron chi connectivity index (χ1n) is 21.0. The second-order valence-electron chi connectivity index (χ2n) is 16.0. The lowest BCUT2D eigenvalue weighted by molar-refractivity contribution is -0.196. The molecule has 12 atom stereocenters. The molecule has 17 N–H and O–H groups in total. The van der Waals surface area contributed by atoms with Gasteiger partial charge in [-0.3, -0.25) is 33.1 Å². The summed E-state index contributed by atoms with van der Waals surface area (Å²) in [4.78, 5) is 59.7. The van der Waals surface area contributed by atoms with Gasteiger partial charge < -0.3 is 95.8 Å². The van der Waals surface area contributed by atoms with Gasteiger partial charge in [-0.2, -0.15) is 16.8 Å². The molecule has 0 fully saturated rings. The summed E-state index contributed by atoms with van der Waals surface area (Å²) in [6.07, 6.45) is -29.8. The van der Waals surface area contributed by atoms with E-state index in [1.807, 2.05) is 0 Å². The minimum atomic E-state index is -5.50. The molecule has 424 valence electrons. The summed E-state index contributed by atoms with van der Waals surface area (Å²) in [5.41, 5.74) is -2.02. The molecule has 0 spiro atoms. The molecule has 0 aliphatic rings. The third kappa shape index (κ3) is 23.1. The topological polar surface area (TPSA) is 557 Å². The molecule has 0 rings (SSSR count). The molecule has 0 aromatic heterocycles. The van der Waals surface area contributed by atoms with E-state index in [0.717, 1.165) is 34.6 Å². The van der Waals surface area contributed by atoms with E-state index in [1.54, 1.807) is 0 Å². The standard InChI is InChI=1S/C40H61NO31S2/c1-14(2)30(52)33(55)23(11-26(48)49)69-18(6)28(29(41)16(4)43)38(31(53)19(7)72-74(64,65)66)71-40(60)36(58)34(56)24(12-27(50)51)68-17(5)20(9-8-15(3)42)37(22(45)13-67-73(61,62)63)70-39(59)35(57)32(54)21(44)10-25(46)47/h8-9,14,17-19,21-24,28,31,38-41,44-45,52-60H,10-13H2,1-7H3,(H,46,47)(H,48,49)(H,50,51)(H,61,62,63)(H,64,65,66)/b9-8-,33-30-,35-32-,36-34-,37-20+,41-29?/t17-,18-,19?,21-,22-,23-,24-,28?,31-,38?,39+,40+/m1/s1. The van der Waals surface area contributed by atoms with Gasteiger partial charge >= 0.3 is 38.7 Å². The van der Waals surface area contributed by atoms with Gasteiger partial charge in [-0.25, -0.2) is 8.37 Å². The summed E-state index contributed by atoms with van der Waals surface area (Å²) in [5.74, 6) is -20.7. The van der Waals surface area contributed by atoms with Crippen molar-refractivity contribution in [2.24, 2.45) is 11.8 Å². The molecule has 34 heteroatoms. The summed E-state index contributed by atoms with van der Waals surface area (Å²) < 4.78 is 94.7. The summed E-state index contributed by atoms with van der Waals surface area (Å²) in [5, 5.41) is 155. The first-order valence-corrected chi connectivity index (χ1v) is 23.7. The van der Waals surface area contributed by atoms with Crippen molar-refractivity contribution in [3.8, 4) is 0 Å². The number of aliphatic hydroxyl groups excluding tert-OH is 11. The van der Waals surface area contributed by atoms with Crippen molar-refractivity contribution in [1.82, 2.24) is 0 Å². The Balaban J connectivity index is 8.17. The quantitative estimate of drug-likeness (QED) is 0.00938. The summed E-state index contributed by atoms with van der Waals surface area (Å²) in [7, 11) is -10.9. The van der Waals surface area contributed by atoms with Crippen LogP contribution in [0.2, 0.25) is 0 Å². The lowest BCUT2D eigenvalue weighted by atomic mass is 9.85. The van der Waals surface area contributed by atoms with Gasteiger partial charge in [0.25, 0.3) is 6.29 Å². The fourth-order valence-electron chi connectivity index (χ4n) is 6.08. The minimum Gasteiger partial charge on any atom is -0.508 e. The molecule has 0 aliphatic carbocycles. The normalized spacial score (nSPS) is 18.9. The molecule has 32 nitrogen and oxygen atoms in total. The van der Waals surface area contributed by atoms with E-state index in [0.29, 0.717) is 12.2 Å². The molecule has 0 aromatic carbocycles. The number of hydrogen-bond acceptors (Lipinski definition) is 27. The van der Waals surface area contributed by atoms with Crippen LogP contribution in [0.1, 0.15) is 67.7 Å². The average Bonchev–Trinajstić information content (AvgIpc) is 3.25. The number of carbonyl (C=O) groups is 5. The number of allylic oxidation sites excluding steroid dienone is 2. The molecule has 0 bridgehead atoms. The van der Waals surface area contributed by atoms with Crippen LogP contribution in [0.3, 0.4) is 0 Å². The van der Waals surface area contributed by atoms with Crippen molar-refractivity contribution in [3.63, 3.8) is 0 Å². The molecule has 0 saturated carbocycles. The molecule has 0 aliphatic heterocycles. The maximum atomic E-state index is 12.7. The van der Waals surface area contributed by atoms with E-state index in [9.17, 15) is 112 Å². The van der Waals surface area contributed by atoms with Crippen LogP contribution in [0, 0.1) is 17.2 Å². The number of ketones is 2. The average molecular weight is 1120 g/mol. The lowest BCUT2D eigenvalue weighted by Gasteiger charge is -2.38. The molecule has 0 radical (unpaired) electrons. The van der Waals surface area contributed by atoms with E-state index in [2.05, 4.69) is 8.37 Å². The molecule has 3 unspecified atom stereocenters. The zero-order valence-corrected chi connectivity index (χ0v) is 41.7. The Kier molecular flexibility index (Phi) is 27.5. The van der Waals surface area contributed by atoms with Crippen molar-refractivity contribution >= 4 is 56.0 Å². The molecular weight excluding hydrogens is 1050 g/mol. The number of nitrogens with one attached hydrogen (secondary N) is 1. The number of Topliss-reactive ketones (excluding diaryl/α,β-unsaturated/α-hetero) is 1. The van der Waals surface area contributed by atoms with Gasteiger partial charge in [0.05, 0.1) is 43.1 Å². The molecular formula is C40H61NO31S2. The number of aliphatic hydroxyl groups is 11. The lowest BCUT2D eigenvalue weighted by Crippen LogP contribution is -2.53. The monoisotopic (exact) mass is 1120 g/mol. The highest BCUT2D eigenvalue weighted by atomic mass is 32.3. The highest BCUT2D eigenvalue weighted by Gasteiger charge is 2.45. The number of rotatable bonds is 35. The predicted octanol–water partition coefficient (Wildman–Crippen LogP) is -0.630. The Bertz CT molecular complexity index is 2390. The Morgan fingerprint density at radius 3 is 1.47 bits per heavy atom. The van der Waals surface area contributed by atoms with E-state index < -0.39 is 207 Å². The molecule has 74 heavy (non-hydrogen) atoms. The number of ether oxygens (including phenoxy) is 4. The maximum Gasteiger partial charge on any atom is 0.397 e. The second kappa shape index (κ2) is 29.9. The largest absolute Gasteiger partial charge is 0.508 e. The third-order valence-corrected chi connectivity index (χ3v) is 10.6. The summed E-state index contributed by atoms with van der Waals surface area (Å²) in [6.45, 7) is 5.33. The fraction of sp³-hybridized carbons (Fsp3) is 0.600. The molecule has 0 aromatic rings. The number of hydrogen-bond donors (Lipinski definition) is 17. The first kappa shape index (κ1) is 68.1. The van der Waals surface area contributed by atoms with Crippen molar-refractivity contribution in [2.75, 3.05) is 6.61 Å². The van der Waals surface area contributed by atoms with Crippen molar-refractivity contribution < 1.29 is 149 Å². The smallest absolute Gasteiger partial charge is 0.397 e. The highest BCUT2D eigenvalue weighted by molar-refractivity contribution is 7.81. The van der Waals surface area contributed by atoms with Crippen LogP contribution in [-0.2, 0) is 72.1 Å². The summed E-state index contributed by atoms with van der Waals surface area (Å²) in [6, 6.07) is 0. The van der Waals surface area contributed by atoms with Gasteiger partial charge in [0.2, 0.25) is 12.0 Å². The van der Waals surface area contributed by atoms with Crippen LogP contribution in [0.4, 0.5) is 0 Å². The second-order valence-corrected chi connectivity index (χ2v) is 18.1. The Labute approximate surface area is 420 Å². The molecule has 0 heterocycles. The predicted molar refractivity (Wildman–Crippen MR) is 241 cm³/mol. The van der Waals surface area contributed by atoms with E-state index >= 15 is 0 Å². The zero-order chi connectivity index (χ0) is 58.1. The van der Waals surface area contributed by atoms with Crippen LogP contribution in [-0.4, -0.2) is 207 Å². The maximum absolute atomic E-state index is 12.7. The van der Waals surface area contributed by atoms with Gasteiger partial charge in [0.15, 0.2) is 34.6 Å². The number of carboxylic acids is 3. The van der Waals surface area contributed by atoms with Crippen LogP contribution in [0.15, 0.2) is 58.0 Å². The van der Waals surface area contributed by atoms with Crippen molar-refractivity contribution in [1.29, 1.82) is 5.41 Å². The van der Waals surface area contributed by atoms with E-state index in [4.69, 9.17) is 34.0 Å². The minimum absolute atomic E-state index is 0.633. The van der Waals surface area contributed by atoms with E-state index in [1.165, 1.54) is 13.8 Å². The van der Waals surface area contributed by atoms with Crippen LogP contribution < -0.4 is 0 Å². The Morgan fingerprint density at radius 2 is 1.04 bits per heavy atom. The number of carboxylic acid groups (broad SMARTS) is 3. The first-order chi connectivity index (χ1) is 33.6.